The average molecular weight is 314 g/mol. The van der Waals surface area contributed by atoms with Gasteiger partial charge in [0.1, 0.15) is 12.3 Å². The highest BCUT2D eigenvalue weighted by Gasteiger charge is 2.20. The van der Waals surface area contributed by atoms with E-state index in [2.05, 4.69) is 10.0 Å². The molecular weight excluding hydrogens is 300 g/mol. The molecule has 114 valence electrons. The van der Waals surface area contributed by atoms with E-state index in [0.29, 0.717) is 18.8 Å². The van der Waals surface area contributed by atoms with Crippen LogP contribution in [-0.4, -0.2) is 45.1 Å². The fourth-order valence-electron chi connectivity index (χ4n) is 1.81. The van der Waals surface area contributed by atoms with Gasteiger partial charge in [-0.3, -0.25) is 9.59 Å². The largest absolute Gasteiger partial charge is 0.493 e. The predicted octanol–water partition coefficient (Wildman–Crippen LogP) is -0.899. The van der Waals surface area contributed by atoms with Crippen molar-refractivity contribution < 1.29 is 27.9 Å². The lowest BCUT2D eigenvalue weighted by atomic mass is 10.2. The third-order valence-electron chi connectivity index (χ3n) is 2.83. The highest BCUT2D eigenvalue weighted by Crippen LogP contribution is 2.27. The minimum absolute atomic E-state index is 0.0396. The molecule has 1 heterocycles. The van der Waals surface area contributed by atoms with Crippen LogP contribution >= 0.6 is 0 Å². The molecular formula is C12H14N2O6S. The third kappa shape index (κ3) is 3.92. The lowest BCUT2D eigenvalue weighted by Crippen LogP contribution is -2.38. The van der Waals surface area contributed by atoms with Gasteiger partial charge in [0.05, 0.1) is 18.0 Å². The summed E-state index contributed by atoms with van der Waals surface area (Å²) in [6.45, 7) is -0.566. The average Bonchev–Trinajstić information content (AvgIpc) is 2.90. The summed E-state index contributed by atoms with van der Waals surface area (Å²) in [4.78, 5) is 21.6. The van der Waals surface area contributed by atoms with Gasteiger partial charge in [0, 0.05) is 6.42 Å². The van der Waals surface area contributed by atoms with Gasteiger partial charge in [-0.05, 0) is 23.8 Å². The highest BCUT2D eigenvalue weighted by molar-refractivity contribution is 7.89. The topological polar surface area (TPSA) is 122 Å². The molecule has 0 saturated carbocycles. The molecule has 0 radical (unpaired) electrons. The van der Waals surface area contributed by atoms with Crippen LogP contribution < -0.4 is 14.8 Å². The van der Waals surface area contributed by atoms with E-state index in [1.807, 2.05) is 0 Å². The number of benzene rings is 1. The molecule has 1 aromatic carbocycles. The Hall–Kier alpha value is -2.13. The normalized spacial score (nSPS) is 13.3. The third-order valence-corrected chi connectivity index (χ3v) is 4.23. The standard InChI is InChI=1S/C12H14N2O6S/c15-11(13-7-12(16)17)6-14-21(18,19)9-1-2-10-8(5-9)3-4-20-10/h1-2,5,14H,3-4,6-7H2,(H,13,15)(H,16,17). The Morgan fingerprint density at radius 3 is 2.76 bits per heavy atom. The van der Waals surface area contributed by atoms with Gasteiger partial charge in [0.25, 0.3) is 0 Å². The van der Waals surface area contributed by atoms with Gasteiger partial charge in [0.2, 0.25) is 15.9 Å². The maximum absolute atomic E-state index is 12.0. The first kappa shape index (κ1) is 15.3. The summed E-state index contributed by atoms with van der Waals surface area (Å²) in [6.07, 6.45) is 0.637. The Bertz CT molecular complexity index is 670. The molecule has 1 aromatic rings. The fraction of sp³-hybridized carbons (Fsp3) is 0.333. The van der Waals surface area contributed by atoms with Gasteiger partial charge in [-0.15, -0.1) is 0 Å². The number of sulfonamides is 1. The molecule has 0 atom stereocenters. The van der Waals surface area contributed by atoms with E-state index in [-0.39, 0.29) is 4.90 Å². The summed E-state index contributed by atoms with van der Waals surface area (Å²) < 4.78 is 31.5. The smallest absolute Gasteiger partial charge is 0.322 e. The second kappa shape index (κ2) is 6.10. The number of amides is 1. The molecule has 8 nitrogen and oxygen atoms in total. The summed E-state index contributed by atoms with van der Waals surface area (Å²) >= 11 is 0. The number of rotatable bonds is 6. The number of ether oxygens (including phenoxy) is 1. The van der Waals surface area contributed by atoms with Crippen molar-refractivity contribution in [1.82, 2.24) is 10.0 Å². The van der Waals surface area contributed by atoms with Crippen molar-refractivity contribution in [3.05, 3.63) is 23.8 Å². The van der Waals surface area contributed by atoms with Crippen molar-refractivity contribution >= 4 is 21.9 Å². The molecule has 0 aliphatic carbocycles. The lowest BCUT2D eigenvalue weighted by molar-refractivity contribution is -0.137. The number of aliphatic carboxylic acids is 1. The number of fused-ring (bicyclic) bond motifs is 1. The Morgan fingerprint density at radius 2 is 2.05 bits per heavy atom. The molecule has 0 spiro atoms. The molecule has 2 rings (SSSR count). The zero-order chi connectivity index (χ0) is 15.5. The van der Waals surface area contributed by atoms with Gasteiger partial charge < -0.3 is 15.2 Å². The van der Waals surface area contributed by atoms with E-state index in [9.17, 15) is 18.0 Å². The summed E-state index contributed by atoms with van der Waals surface area (Å²) in [5.74, 6) is -1.26. The Kier molecular flexibility index (Phi) is 4.43. The van der Waals surface area contributed by atoms with Gasteiger partial charge in [0.15, 0.2) is 0 Å². The first-order valence-corrected chi connectivity index (χ1v) is 7.61. The summed E-state index contributed by atoms with van der Waals surface area (Å²) in [5.41, 5.74) is 0.799. The fourth-order valence-corrected chi connectivity index (χ4v) is 2.84. The Balaban J connectivity index is 1.99. The van der Waals surface area contributed by atoms with Crippen LogP contribution in [0.2, 0.25) is 0 Å². The van der Waals surface area contributed by atoms with Crippen LogP contribution in [0.25, 0.3) is 0 Å². The molecule has 1 aliphatic heterocycles. The monoisotopic (exact) mass is 314 g/mol. The Morgan fingerprint density at radius 1 is 1.29 bits per heavy atom. The molecule has 1 amide bonds. The van der Waals surface area contributed by atoms with E-state index >= 15 is 0 Å². The van der Waals surface area contributed by atoms with E-state index in [1.165, 1.54) is 12.1 Å². The van der Waals surface area contributed by atoms with Gasteiger partial charge in [-0.25, -0.2) is 13.1 Å². The molecule has 9 heteroatoms. The van der Waals surface area contributed by atoms with Crippen LogP contribution in [0.1, 0.15) is 5.56 Å². The van der Waals surface area contributed by atoms with Gasteiger partial charge in [-0.2, -0.15) is 0 Å². The van der Waals surface area contributed by atoms with Crippen molar-refractivity contribution in [2.45, 2.75) is 11.3 Å². The summed E-state index contributed by atoms with van der Waals surface area (Å²) in [7, 11) is -3.83. The highest BCUT2D eigenvalue weighted by atomic mass is 32.2. The SMILES string of the molecule is O=C(O)CNC(=O)CNS(=O)(=O)c1ccc2c(c1)CCO2. The van der Waals surface area contributed by atoms with Crippen molar-refractivity contribution in [2.24, 2.45) is 0 Å². The second-order valence-corrected chi connectivity index (χ2v) is 6.13. The van der Waals surface area contributed by atoms with Crippen LogP contribution in [0.3, 0.4) is 0 Å². The van der Waals surface area contributed by atoms with Gasteiger partial charge in [-0.1, -0.05) is 0 Å². The molecule has 0 aromatic heterocycles. The molecule has 0 unspecified atom stereocenters. The second-order valence-electron chi connectivity index (χ2n) is 4.36. The first-order valence-electron chi connectivity index (χ1n) is 6.12. The summed E-state index contributed by atoms with van der Waals surface area (Å²) in [6, 6.07) is 4.46. The van der Waals surface area contributed by atoms with Crippen molar-refractivity contribution in [3.8, 4) is 5.75 Å². The van der Waals surface area contributed by atoms with Crippen molar-refractivity contribution in [1.29, 1.82) is 0 Å². The number of hydrogen-bond donors (Lipinski definition) is 3. The van der Waals surface area contributed by atoms with Gasteiger partial charge >= 0.3 is 5.97 Å². The summed E-state index contributed by atoms with van der Waals surface area (Å²) in [5, 5.41) is 10.5. The Labute approximate surface area is 121 Å². The van der Waals surface area contributed by atoms with Crippen LogP contribution in [0.4, 0.5) is 0 Å². The number of hydrogen-bond acceptors (Lipinski definition) is 5. The number of nitrogens with one attached hydrogen (secondary N) is 2. The quantitative estimate of drug-likeness (QED) is 0.625. The van der Waals surface area contributed by atoms with Crippen LogP contribution in [0, 0.1) is 0 Å². The lowest BCUT2D eigenvalue weighted by Gasteiger charge is -2.08. The molecule has 0 fully saturated rings. The molecule has 1 aliphatic rings. The van der Waals surface area contributed by atoms with E-state index in [1.54, 1.807) is 6.07 Å². The van der Waals surface area contributed by atoms with E-state index < -0.39 is 35.0 Å². The number of carboxylic acid groups (broad SMARTS) is 1. The number of carboxylic acids is 1. The zero-order valence-corrected chi connectivity index (χ0v) is 11.8. The first-order chi connectivity index (χ1) is 9.88. The number of carbonyl (C=O) groups excluding carboxylic acids is 1. The van der Waals surface area contributed by atoms with Crippen LogP contribution in [-0.2, 0) is 26.0 Å². The molecule has 21 heavy (non-hydrogen) atoms. The minimum atomic E-state index is -3.83. The maximum Gasteiger partial charge on any atom is 0.322 e. The van der Waals surface area contributed by atoms with Crippen molar-refractivity contribution in [2.75, 3.05) is 19.7 Å². The minimum Gasteiger partial charge on any atom is -0.493 e. The molecule has 3 N–H and O–H groups in total. The molecule has 0 saturated heterocycles. The van der Waals surface area contributed by atoms with E-state index in [0.717, 1.165) is 5.56 Å². The van der Waals surface area contributed by atoms with Crippen LogP contribution in [0.15, 0.2) is 23.1 Å². The molecule has 0 bridgehead atoms. The maximum atomic E-state index is 12.0. The predicted molar refractivity (Wildman–Crippen MR) is 71.5 cm³/mol. The van der Waals surface area contributed by atoms with Crippen molar-refractivity contribution in [3.63, 3.8) is 0 Å². The number of carbonyl (C=O) groups is 2. The van der Waals surface area contributed by atoms with E-state index in [4.69, 9.17) is 9.84 Å². The zero-order valence-electron chi connectivity index (χ0n) is 11.0. The van der Waals surface area contributed by atoms with Crippen LogP contribution in [0.5, 0.6) is 5.75 Å².